The fourth-order valence-electron chi connectivity index (χ4n) is 8.62. The van der Waals surface area contributed by atoms with Crippen LogP contribution in [-0.2, 0) is 0 Å². The molecule has 2 atom stereocenters. The van der Waals surface area contributed by atoms with E-state index in [9.17, 15) is 0 Å². The molecule has 0 N–H and O–H groups in total. The van der Waals surface area contributed by atoms with Crippen LogP contribution in [0.3, 0.4) is 0 Å². The summed E-state index contributed by atoms with van der Waals surface area (Å²) in [5.74, 6) is 0.599. The first kappa shape index (κ1) is 31.3. The molecule has 0 heterocycles. The van der Waals surface area contributed by atoms with Crippen LogP contribution >= 0.6 is 0 Å². The summed E-state index contributed by atoms with van der Waals surface area (Å²) in [6.07, 6.45) is 12.6. The van der Waals surface area contributed by atoms with E-state index >= 15 is 0 Å². The van der Waals surface area contributed by atoms with Gasteiger partial charge >= 0.3 is 0 Å². The molecule has 0 bridgehead atoms. The molecule has 0 nitrogen and oxygen atoms in total. The second kappa shape index (κ2) is 14.2. The highest BCUT2D eigenvalue weighted by atomic mass is 14.5. The SMILES string of the molecule is CCCCCCC1=C(c2ccccc2)C(C(C)(C)C2C(c3ccccc3)=C(CCCCCC)c3ccccc32)c2ccccc21. The van der Waals surface area contributed by atoms with Gasteiger partial charge in [-0.25, -0.2) is 0 Å². The van der Waals surface area contributed by atoms with Gasteiger partial charge in [0.1, 0.15) is 0 Å². The van der Waals surface area contributed by atoms with Crippen molar-refractivity contribution in [3.8, 4) is 0 Å². The predicted molar refractivity (Wildman–Crippen MR) is 196 cm³/mol. The standard InChI is InChI=1S/C45H52/c1-5-7-9-17-29-37-35-27-19-21-31-39(35)43(41(37)33-23-13-11-14-24-33)45(3,4)44-40-32-22-20-28-36(40)38(30-18-10-8-6-2)42(44)34-25-15-12-16-26-34/h11-16,19-28,31-32,43-44H,5-10,17-18,29-30H2,1-4H3. The Balaban J connectivity index is 1.54. The third kappa shape index (κ3) is 6.14. The molecule has 0 aliphatic heterocycles. The van der Waals surface area contributed by atoms with Crippen molar-refractivity contribution in [2.75, 3.05) is 0 Å². The highest BCUT2D eigenvalue weighted by Crippen LogP contribution is 2.65. The minimum absolute atomic E-state index is 0.0705. The average Bonchev–Trinajstić information content (AvgIpc) is 3.60. The van der Waals surface area contributed by atoms with Crippen LogP contribution in [0.25, 0.3) is 22.3 Å². The highest BCUT2D eigenvalue weighted by molar-refractivity contribution is 6.03. The molecule has 2 aliphatic carbocycles. The Morgan fingerprint density at radius 1 is 0.444 bits per heavy atom. The zero-order valence-corrected chi connectivity index (χ0v) is 28.1. The van der Waals surface area contributed by atoms with Gasteiger partial charge in [-0.15, -0.1) is 0 Å². The zero-order chi connectivity index (χ0) is 31.2. The van der Waals surface area contributed by atoms with Crippen molar-refractivity contribution in [2.45, 2.75) is 104 Å². The lowest BCUT2D eigenvalue weighted by atomic mass is 9.61. The second-order valence-electron chi connectivity index (χ2n) is 14.0. The number of hydrogen-bond donors (Lipinski definition) is 0. The maximum absolute atomic E-state index is 2.59. The maximum atomic E-state index is 2.59. The summed E-state index contributed by atoms with van der Waals surface area (Å²) < 4.78 is 0. The molecular weight excluding hydrogens is 540 g/mol. The minimum Gasteiger partial charge on any atom is -0.0654 e. The first-order chi connectivity index (χ1) is 22.1. The largest absolute Gasteiger partial charge is 0.0654 e. The quantitative estimate of drug-likeness (QED) is 0.128. The van der Waals surface area contributed by atoms with Gasteiger partial charge in [-0.1, -0.05) is 175 Å². The molecule has 0 saturated carbocycles. The van der Waals surface area contributed by atoms with Gasteiger partial charge in [0.25, 0.3) is 0 Å². The lowest BCUT2D eigenvalue weighted by Gasteiger charge is -2.42. The molecule has 232 valence electrons. The van der Waals surface area contributed by atoms with Gasteiger partial charge in [0, 0.05) is 11.8 Å². The number of unbranched alkanes of at least 4 members (excludes halogenated alkanes) is 6. The van der Waals surface area contributed by atoms with E-state index in [2.05, 4.69) is 137 Å². The van der Waals surface area contributed by atoms with E-state index in [1.807, 2.05) is 0 Å². The van der Waals surface area contributed by atoms with Gasteiger partial charge in [-0.3, -0.25) is 0 Å². The third-order valence-electron chi connectivity index (χ3n) is 10.6. The van der Waals surface area contributed by atoms with Gasteiger partial charge in [-0.2, -0.15) is 0 Å². The predicted octanol–water partition coefficient (Wildman–Crippen LogP) is 13.4. The molecule has 0 saturated heterocycles. The molecule has 0 fully saturated rings. The van der Waals surface area contributed by atoms with Crippen LogP contribution in [0.5, 0.6) is 0 Å². The molecular formula is C45H52. The topological polar surface area (TPSA) is 0 Å². The van der Waals surface area contributed by atoms with Crippen molar-refractivity contribution in [3.63, 3.8) is 0 Å². The Kier molecular flexibility index (Phi) is 9.89. The second-order valence-corrected chi connectivity index (χ2v) is 14.0. The average molecular weight is 593 g/mol. The molecule has 45 heavy (non-hydrogen) atoms. The first-order valence-corrected chi connectivity index (χ1v) is 17.8. The normalized spacial score (nSPS) is 17.6. The maximum Gasteiger partial charge on any atom is 0.0164 e. The number of benzene rings is 4. The third-order valence-corrected chi connectivity index (χ3v) is 10.6. The van der Waals surface area contributed by atoms with Crippen LogP contribution in [0, 0.1) is 5.41 Å². The Morgan fingerprint density at radius 3 is 1.22 bits per heavy atom. The van der Waals surface area contributed by atoms with E-state index in [0.717, 1.165) is 12.8 Å². The van der Waals surface area contributed by atoms with Crippen LogP contribution in [-0.4, -0.2) is 0 Å². The zero-order valence-electron chi connectivity index (χ0n) is 28.1. The molecule has 4 aromatic carbocycles. The summed E-state index contributed by atoms with van der Waals surface area (Å²) in [6, 6.07) is 41.5. The summed E-state index contributed by atoms with van der Waals surface area (Å²) in [5, 5.41) is 0. The van der Waals surface area contributed by atoms with E-state index < -0.39 is 0 Å². The highest BCUT2D eigenvalue weighted by Gasteiger charge is 2.49. The molecule has 6 rings (SSSR count). The molecule has 0 aromatic heterocycles. The lowest BCUT2D eigenvalue weighted by Crippen LogP contribution is -2.30. The van der Waals surface area contributed by atoms with Crippen LogP contribution in [0.1, 0.15) is 137 Å². The van der Waals surface area contributed by atoms with Gasteiger partial charge in [0.2, 0.25) is 0 Å². The van der Waals surface area contributed by atoms with Crippen LogP contribution < -0.4 is 0 Å². The van der Waals surface area contributed by atoms with E-state index in [1.54, 1.807) is 22.3 Å². The number of rotatable bonds is 14. The van der Waals surface area contributed by atoms with E-state index in [4.69, 9.17) is 0 Å². The van der Waals surface area contributed by atoms with Crippen LogP contribution in [0.4, 0.5) is 0 Å². The summed E-state index contributed by atoms with van der Waals surface area (Å²) in [6.45, 7) is 9.80. The van der Waals surface area contributed by atoms with Crippen LogP contribution in [0.15, 0.2) is 109 Å². The molecule has 0 amide bonds. The van der Waals surface area contributed by atoms with Gasteiger partial charge in [0.05, 0.1) is 0 Å². The molecule has 4 aromatic rings. The summed E-state index contributed by atoms with van der Waals surface area (Å²) in [7, 11) is 0. The minimum atomic E-state index is -0.0705. The van der Waals surface area contributed by atoms with Gasteiger partial charge < -0.3 is 0 Å². The molecule has 2 aliphatic rings. The monoisotopic (exact) mass is 592 g/mol. The number of hydrogen-bond acceptors (Lipinski definition) is 0. The Morgan fingerprint density at radius 2 is 0.822 bits per heavy atom. The summed E-state index contributed by atoms with van der Waals surface area (Å²) in [5.41, 5.74) is 15.1. The van der Waals surface area contributed by atoms with Gasteiger partial charge in [0.15, 0.2) is 0 Å². The van der Waals surface area contributed by atoms with Crippen molar-refractivity contribution >= 4 is 22.3 Å². The fraction of sp³-hybridized carbons (Fsp3) is 0.378. The van der Waals surface area contributed by atoms with Crippen molar-refractivity contribution < 1.29 is 0 Å². The molecule has 0 heteroatoms. The Hall–Kier alpha value is -3.64. The lowest BCUT2D eigenvalue weighted by molar-refractivity contribution is 0.304. The number of allylic oxidation sites excluding steroid dienone is 4. The molecule has 2 unspecified atom stereocenters. The van der Waals surface area contributed by atoms with Crippen molar-refractivity contribution in [1.29, 1.82) is 0 Å². The first-order valence-electron chi connectivity index (χ1n) is 17.8. The summed E-state index contributed by atoms with van der Waals surface area (Å²) in [4.78, 5) is 0. The number of fused-ring (bicyclic) bond motifs is 2. The van der Waals surface area contributed by atoms with Crippen molar-refractivity contribution in [3.05, 3.63) is 143 Å². The van der Waals surface area contributed by atoms with E-state index in [0.29, 0.717) is 11.8 Å². The van der Waals surface area contributed by atoms with Gasteiger partial charge in [-0.05, 0) is 86.8 Å². The van der Waals surface area contributed by atoms with Crippen LogP contribution in [0.2, 0.25) is 0 Å². The Bertz CT molecular complexity index is 1510. The smallest absolute Gasteiger partial charge is 0.0164 e. The van der Waals surface area contributed by atoms with E-state index in [1.165, 1.54) is 84.7 Å². The Labute approximate surface area is 273 Å². The molecule has 0 spiro atoms. The van der Waals surface area contributed by atoms with E-state index in [-0.39, 0.29) is 5.41 Å². The molecule has 0 radical (unpaired) electrons. The fourth-order valence-corrected chi connectivity index (χ4v) is 8.62. The summed E-state index contributed by atoms with van der Waals surface area (Å²) >= 11 is 0. The van der Waals surface area contributed by atoms with Crippen molar-refractivity contribution in [1.82, 2.24) is 0 Å². The van der Waals surface area contributed by atoms with Crippen molar-refractivity contribution in [2.24, 2.45) is 5.41 Å².